The first-order valence-electron chi connectivity index (χ1n) is 3.71. The molecule has 0 saturated heterocycles. The Morgan fingerprint density at radius 3 is 0.529 bits per heavy atom. The zero-order chi connectivity index (χ0) is 14.3. The lowest BCUT2D eigenvalue weighted by atomic mass is 10.9. The van der Waals surface area contributed by atoms with E-state index in [1.807, 2.05) is 0 Å². The summed E-state index contributed by atoms with van der Waals surface area (Å²) in [5.41, 5.74) is 0. The minimum absolute atomic E-state index is 0. The van der Waals surface area contributed by atoms with Gasteiger partial charge in [0.25, 0.3) is 23.9 Å². The van der Waals surface area contributed by atoms with E-state index in [9.17, 15) is 0 Å². The summed E-state index contributed by atoms with van der Waals surface area (Å²) in [6, 6.07) is 0. The van der Waals surface area contributed by atoms with Gasteiger partial charge in [0.15, 0.2) is 17.4 Å². The molecule has 0 amide bonds. The van der Waals surface area contributed by atoms with Crippen LogP contribution in [0.15, 0.2) is 0 Å². The lowest BCUT2D eigenvalue weighted by molar-refractivity contribution is -0.135. The Morgan fingerprint density at radius 2 is 0.529 bits per heavy atom. The van der Waals surface area contributed by atoms with Gasteiger partial charge in [0, 0.05) is 27.7 Å². The second kappa shape index (κ2) is 23.9. The van der Waals surface area contributed by atoms with Crippen molar-refractivity contribution in [1.82, 2.24) is 0 Å². The van der Waals surface area contributed by atoms with Gasteiger partial charge in [-0.15, -0.1) is 0 Å². The van der Waals surface area contributed by atoms with Crippen LogP contribution in [0, 0.1) is 0 Å². The summed E-state index contributed by atoms with van der Waals surface area (Å²) >= 11 is 0. The number of carboxylic acids is 4. The largest absolute Gasteiger partial charge is 0.481 e. The van der Waals surface area contributed by atoms with Crippen molar-refractivity contribution in [2.75, 3.05) is 0 Å². The molecule has 0 spiro atoms. The van der Waals surface area contributed by atoms with Crippen LogP contribution < -0.4 is 0 Å². The normalized spacial score (nSPS) is 5.88. The van der Waals surface area contributed by atoms with Crippen LogP contribution in [-0.2, 0) is 19.2 Å². The quantitative estimate of drug-likeness (QED) is 0.417. The zero-order valence-electron chi connectivity index (χ0n) is 9.42. The molecule has 0 radical (unpaired) electrons. The molecule has 0 rings (SSSR count). The van der Waals surface area contributed by atoms with Crippen LogP contribution in [0.4, 0.5) is 0 Å². The molecular weight excluding hydrogens is 251 g/mol. The molecule has 0 bridgehead atoms. The van der Waals surface area contributed by atoms with Crippen LogP contribution in [0.25, 0.3) is 0 Å². The van der Waals surface area contributed by atoms with Gasteiger partial charge in [-0.1, -0.05) is 0 Å². The average molecular weight is 270 g/mol. The molecule has 17 heavy (non-hydrogen) atoms. The zero-order valence-corrected chi connectivity index (χ0v) is 9.42. The molecule has 0 saturated carbocycles. The summed E-state index contributed by atoms with van der Waals surface area (Å²) < 4.78 is 0. The first-order valence-corrected chi connectivity index (χ1v) is 3.71. The number of hydrogen-bond donors (Lipinski definition) is 4. The van der Waals surface area contributed by atoms with Gasteiger partial charge in [0.2, 0.25) is 0 Å². The number of carboxylic acid groups (broad SMARTS) is 4. The highest BCUT2D eigenvalue weighted by Gasteiger charge is 1.66. The van der Waals surface area contributed by atoms with Crippen LogP contribution in [0.2, 0.25) is 0 Å². The monoisotopic (exact) mass is 270 g/mol. The van der Waals surface area contributed by atoms with E-state index >= 15 is 0 Å². The van der Waals surface area contributed by atoms with Gasteiger partial charge < -0.3 is 20.4 Å². The third-order valence-electron chi connectivity index (χ3n) is 0. The van der Waals surface area contributed by atoms with Gasteiger partial charge in [-0.3, -0.25) is 19.2 Å². The molecule has 4 N–H and O–H groups in total. The molecule has 0 aromatic rings. The number of aliphatic carboxylic acids is 4. The van der Waals surface area contributed by atoms with Crippen molar-refractivity contribution in [2.24, 2.45) is 0 Å². The summed E-state index contributed by atoms with van der Waals surface area (Å²) in [4.78, 5) is 36.0. The predicted octanol–water partition coefficient (Wildman–Crippen LogP) is -0.820. The maximum Gasteiger partial charge on any atom is 0.300 e. The smallest absolute Gasteiger partial charge is 0.300 e. The lowest BCUT2D eigenvalue weighted by Gasteiger charge is -1.59. The van der Waals surface area contributed by atoms with Crippen molar-refractivity contribution in [3.05, 3.63) is 0 Å². The van der Waals surface area contributed by atoms with E-state index in [-0.39, 0.29) is 17.4 Å². The first-order chi connectivity index (χ1) is 6.93. The van der Waals surface area contributed by atoms with Gasteiger partial charge in [-0.2, -0.15) is 0 Å². The Hall–Kier alpha value is -1.59. The lowest BCUT2D eigenvalue weighted by Crippen LogP contribution is -1.78. The van der Waals surface area contributed by atoms with Gasteiger partial charge in [0.1, 0.15) is 0 Å². The van der Waals surface area contributed by atoms with Crippen molar-refractivity contribution >= 4 is 41.2 Å². The highest BCUT2D eigenvalue weighted by molar-refractivity contribution is 5.75. The summed E-state index contributed by atoms with van der Waals surface area (Å²) in [6.45, 7) is 4.33. The van der Waals surface area contributed by atoms with Gasteiger partial charge in [-0.05, 0) is 0 Å². The molecule has 8 nitrogen and oxygen atoms in total. The Morgan fingerprint density at radius 1 is 0.529 bits per heavy atom. The third kappa shape index (κ3) is 881. The molecule has 102 valence electrons. The van der Waals surface area contributed by atoms with Gasteiger partial charge in [0.05, 0.1) is 0 Å². The van der Waals surface area contributed by atoms with E-state index in [0.29, 0.717) is 0 Å². The van der Waals surface area contributed by atoms with Crippen molar-refractivity contribution in [3.8, 4) is 0 Å². The van der Waals surface area contributed by atoms with Gasteiger partial charge in [-0.25, -0.2) is 0 Å². The van der Waals surface area contributed by atoms with Crippen molar-refractivity contribution in [2.45, 2.75) is 27.7 Å². The minimum Gasteiger partial charge on any atom is -0.481 e. The molecule has 0 heterocycles. The third-order valence-corrected chi connectivity index (χ3v) is 0. The van der Waals surface area contributed by atoms with Crippen LogP contribution >= 0.6 is 0 Å². The molecule has 0 atom stereocenters. The van der Waals surface area contributed by atoms with Gasteiger partial charge >= 0.3 is 0 Å². The van der Waals surface area contributed by atoms with E-state index in [4.69, 9.17) is 39.6 Å². The molecule has 0 unspecified atom stereocenters. The second-order valence-corrected chi connectivity index (χ2v) is 2.08. The van der Waals surface area contributed by atoms with Crippen LogP contribution in [0.3, 0.4) is 0 Å². The Kier molecular flexibility index (Phi) is 41.5. The highest BCUT2D eigenvalue weighted by Crippen LogP contribution is 1.43. The topological polar surface area (TPSA) is 149 Å². The molecule has 0 aromatic carbocycles. The van der Waals surface area contributed by atoms with Crippen molar-refractivity contribution in [3.63, 3.8) is 0 Å². The summed E-state index contributed by atoms with van der Waals surface area (Å²) in [7, 11) is 0. The fourth-order valence-electron chi connectivity index (χ4n) is 0. The maximum atomic E-state index is 9.00. The summed E-state index contributed by atoms with van der Waals surface area (Å²) in [5, 5.41) is 29.7. The number of hydrogen-bond acceptors (Lipinski definition) is 4. The van der Waals surface area contributed by atoms with Crippen LogP contribution in [0.1, 0.15) is 27.7 Å². The molecule has 0 aliphatic rings. The Labute approximate surface area is 109 Å². The number of rotatable bonds is 0. The fraction of sp³-hybridized carbons (Fsp3) is 0.500. The highest BCUT2D eigenvalue weighted by atomic mass is 27.0. The SMILES string of the molecule is CC(=O)O.CC(=O)O.CC(=O)O.CC(=O)O.[AlH3]. The van der Waals surface area contributed by atoms with E-state index in [2.05, 4.69) is 0 Å². The predicted molar refractivity (Wildman–Crippen MR) is 63.2 cm³/mol. The minimum atomic E-state index is -0.833. The van der Waals surface area contributed by atoms with Crippen LogP contribution in [-0.4, -0.2) is 61.7 Å². The maximum absolute atomic E-state index is 9.00. The Balaban J connectivity index is -0.0000000369. The van der Waals surface area contributed by atoms with E-state index < -0.39 is 23.9 Å². The van der Waals surface area contributed by atoms with Crippen molar-refractivity contribution < 1.29 is 39.6 Å². The van der Waals surface area contributed by atoms with Crippen LogP contribution in [0.5, 0.6) is 0 Å². The molecule has 0 fully saturated rings. The average Bonchev–Trinajstić information content (AvgIpc) is 1.76. The van der Waals surface area contributed by atoms with Crippen molar-refractivity contribution in [1.29, 1.82) is 0 Å². The van der Waals surface area contributed by atoms with E-state index in [1.165, 1.54) is 0 Å². The molecular formula is C8H19AlO8. The fourth-order valence-corrected chi connectivity index (χ4v) is 0. The Bertz CT molecular complexity index is 162. The summed E-state index contributed by atoms with van der Waals surface area (Å²) in [5.74, 6) is -3.33. The first kappa shape index (κ1) is 29.5. The number of carbonyl (C=O) groups is 4. The van der Waals surface area contributed by atoms with E-state index in [1.54, 1.807) is 0 Å². The second-order valence-electron chi connectivity index (χ2n) is 2.08. The van der Waals surface area contributed by atoms with E-state index in [0.717, 1.165) is 27.7 Å². The summed E-state index contributed by atoms with van der Waals surface area (Å²) in [6.07, 6.45) is 0. The molecule has 0 aromatic heterocycles. The molecule has 9 heteroatoms. The molecule has 0 aliphatic carbocycles. The molecule has 0 aliphatic heterocycles. The standard InChI is InChI=1S/4C2H4O2.Al.3H/c4*1-2(3)4;;;;/h4*1H3,(H,3,4);;;;.